The summed E-state index contributed by atoms with van der Waals surface area (Å²) in [6.45, 7) is 0. The number of nitrogens with zero attached hydrogens (tertiary/aromatic N) is 2. The Balaban J connectivity index is 1.81. The SMILES string of the molecule is O=C(O)Nc1nc2cc(C3(OC(=O)C(F)(F)F)c4ccccc4C(=O)N3c3cccc(Cl)c3)ccc2[nH]1. The van der Waals surface area contributed by atoms with E-state index in [4.69, 9.17) is 21.4 Å². The molecule has 0 saturated carbocycles. The van der Waals surface area contributed by atoms with Crippen LogP contribution in [0.1, 0.15) is 21.5 Å². The summed E-state index contributed by atoms with van der Waals surface area (Å²) in [6, 6.07) is 15.7. The minimum atomic E-state index is -5.39. The number of anilines is 2. The van der Waals surface area contributed by atoms with E-state index in [1.807, 2.05) is 5.32 Å². The number of hydrogen-bond acceptors (Lipinski definition) is 5. The fourth-order valence-electron chi connectivity index (χ4n) is 4.28. The van der Waals surface area contributed by atoms with Crippen molar-refractivity contribution in [3.8, 4) is 0 Å². The van der Waals surface area contributed by atoms with Crippen LogP contribution in [0.5, 0.6) is 0 Å². The number of hydrogen-bond donors (Lipinski definition) is 3. The van der Waals surface area contributed by atoms with Crippen LogP contribution in [0.25, 0.3) is 11.0 Å². The van der Waals surface area contributed by atoms with Gasteiger partial charge in [-0.15, -0.1) is 0 Å². The monoisotopic (exact) mass is 530 g/mol. The molecule has 3 N–H and O–H groups in total. The van der Waals surface area contributed by atoms with Crippen LogP contribution < -0.4 is 10.2 Å². The lowest BCUT2D eigenvalue weighted by atomic mass is 9.92. The summed E-state index contributed by atoms with van der Waals surface area (Å²) >= 11 is 6.13. The van der Waals surface area contributed by atoms with Crippen molar-refractivity contribution in [1.82, 2.24) is 9.97 Å². The molecule has 4 aromatic rings. The molecule has 13 heteroatoms. The molecule has 0 saturated heterocycles. The fourth-order valence-corrected chi connectivity index (χ4v) is 4.46. The zero-order valence-corrected chi connectivity index (χ0v) is 19.1. The van der Waals surface area contributed by atoms with Gasteiger partial charge in [-0.3, -0.25) is 15.0 Å². The van der Waals surface area contributed by atoms with E-state index in [0.29, 0.717) is 5.52 Å². The number of carboxylic acid groups (broad SMARTS) is 1. The molecule has 2 amide bonds. The van der Waals surface area contributed by atoms with Crippen molar-refractivity contribution in [2.75, 3.05) is 10.2 Å². The lowest BCUT2D eigenvalue weighted by Crippen LogP contribution is -2.50. The molecule has 5 rings (SSSR count). The van der Waals surface area contributed by atoms with Crippen LogP contribution in [-0.2, 0) is 15.3 Å². The average molecular weight is 531 g/mol. The number of nitrogens with one attached hydrogen (secondary N) is 2. The molecule has 1 aliphatic rings. The number of amides is 2. The molecule has 37 heavy (non-hydrogen) atoms. The maximum atomic E-state index is 13.6. The number of aromatic amines is 1. The Bertz CT molecular complexity index is 1590. The van der Waals surface area contributed by atoms with E-state index in [9.17, 15) is 27.6 Å². The minimum Gasteiger partial charge on any atom is -0.465 e. The Labute approximate surface area is 210 Å². The predicted molar refractivity (Wildman–Crippen MR) is 125 cm³/mol. The standard InChI is InChI=1S/C24H14ClF3N4O5/c25-13-4-3-5-14(11-13)32-19(33)15-6-1-2-7-16(15)23(32,37-20(34)24(26,27)28)12-8-9-17-18(10-12)30-21(29-17)31-22(35)36/h1-11H,(H,35,36)(H2,29,30,31). The number of H-pyrrole nitrogens is 1. The first-order chi connectivity index (χ1) is 17.5. The Morgan fingerprint density at radius 3 is 2.54 bits per heavy atom. The molecule has 0 bridgehead atoms. The molecule has 0 spiro atoms. The topological polar surface area (TPSA) is 125 Å². The van der Waals surface area contributed by atoms with E-state index in [1.54, 1.807) is 0 Å². The quantitative estimate of drug-likeness (QED) is 0.309. The normalized spacial score (nSPS) is 17.1. The molecule has 1 aliphatic heterocycles. The highest BCUT2D eigenvalue weighted by Gasteiger charge is 2.58. The second-order valence-corrected chi connectivity index (χ2v) is 8.38. The Morgan fingerprint density at radius 2 is 1.84 bits per heavy atom. The van der Waals surface area contributed by atoms with Gasteiger partial charge in [-0.2, -0.15) is 13.2 Å². The maximum absolute atomic E-state index is 13.6. The van der Waals surface area contributed by atoms with Gasteiger partial charge in [0.25, 0.3) is 5.91 Å². The van der Waals surface area contributed by atoms with Crippen LogP contribution in [0, 0.1) is 0 Å². The number of aromatic nitrogens is 2. The zero-order valence-electron chi connectivity index (χ0n) is 18.3. The summed E-state index contributed by atoms with van der Waals surface area (Å²) in [6.07, 6.45) is -6.78. The van der Waals surface area contributed by atoms with Gasteiger partial charge in [-0.05, 0) is 36.4 Å². The van der Waals surface area contributed by atoms with Crippen molar-refractivity contribution in [1.29, 1.82) is 0 Å². The van der Waals surface area contributed by atoms with Crippen LogP contribution in [0.2, 0.25) is 5.02 Å². The highest BCUT2D eigenvalue weighted by molar-refractivity contribution is 6.31. The van der Waals surface area contributed by atoms with Gasteiger partial charge in [0.1, 0.15) is 0 Å². The van der Waals surface area contributed by atoms with Gasteiger partial charge in [0.15, 0.2) is 0 Å². The molecule has 1 aromatic heterocycles. The molecule has 9 nitrogen and oxygen atoms in total. The van der Waals surface area contributed by atoms with E-state index in [1.165, 1.54) is 66.7 Å². The van der Waals surface area contributed by atoms with E-state index in [0.717, 1.165) is 4.90 Å². The van der Waals surface area contributed by atoms with Crippen LogP contribution in [0.3, 0.4) is 0 Å². The van der Waals surface area contributed by atoms with Crippen LogP contribution in [0.4, 0.5) is 29.6 Å². The highest BCUT2D eigenvalue weighted by atomic mass is 35.5. The van der Waals surface area contributed by atoms with Crippen LogP contribution in [0.15, 0.2) is 66.7 Å². The molecule has 0 aliphatic carbocycles. The first-order valence-electron chi connectivity index (χ1n) is 10.5. The van der Waals surface area contributed by atoms with Gasteiger partial charge in [-0.25, -0.2) is 14.6 Å². The van der Waals surface area contributed by atoms with Gasteiger partial charge in [-0.1, -0.05) is 41.9 Å². The van der Waals surface area contributed by atoms with Crippen molar-refractivity contribution in [2.24, 2.45) is 0 Å². The number of ether oxygens (including phenoxy) is 1. The van der Waals surface area contributed by atoms with Crippen molar-refractivity contribution >= 4 is 52.2 Å². The number of halogens is 4. The largest absolute Gasteiger partial charge is 0.491 e. The number of rotatable bonds is 4. The first kappa shape index (κ1) is 24.1. The Morgan fingerprint density at radius 1 is 1.08 bits per heavy atom. The van der Waals surface area contributed by atoms with E-state index < -0.39 is 29.9 Å². The lowest BCUT2D eigenvalue weighted by molar-refractivity contribution is -0.211. The summed E-state index contributed by atoms with van der Waals surface area (Å²) in [7, 11) is 0. The third kappa shape index (κ3) is 4.00. The third-order valence-corrected chi connectivity index (χ3v) is 5.91. The summed E-state index contributed by atoms with van der Waals surface area (Å²) in [5.41, 5.74) is -1.94. The van der Waals surface area contributed by atoms with Crippen LogP contribution in [-0.4, -0.2) is 39.2 Å². The van der Waals surface area contributed by atoms with Gasteiger partial charge >= 0.3 is 18.2 Å². The molecule has 1 unspecified atom stereocenters. The van der Waals surface area contributed by atoms with E-state index in [2.05, 4.69) is 9.97 Å². The van der Waals surface area contributed by atoms with Gasteiger partial charge in [0.05, 0.1) is 16.7 Å². The second-order valence-electron chi connectivity index (χ2n) is 7.94. The molecule has 1 atom stereocenters. The van der Waals surface area contributed by atoms with Crippen molar-refractivity contribution in [3.05, 3.63) is 88.4 Å². The predicted octanol–water partition coefficient (Wildman–Crippen LogP) is 5.27. The number of imidazole rings is 1. The first-order valence-corrected chi connectivity index (χ1v) is 10.9. The maximum Gasteiger partial charge on any atom is 0.491 e. The zero-order chi connectivity index (χ0) is 26.5. The fraction of sp³-hybridized carbons (Fsp3) is 0.0833. The number of fused-ring (bicyclic) bond motifs is 2. The Kier molecular flexibility index (Phi) is 5.56. The Hall–Kier alpha value is -4.58. The number of esters is 1. The van der Waals surface area contributed by atoms with E-state index in [-0.39, 0.29) is 38.9 Å². The molecular weight excluding hydrogens is 517 g/mol. The van der Waals surface area contributed by atoms with Gasteiger partial charge in [0.2, 0.25) is 11.7 Å². The van der Waals surface area contributed by atoms with Gasteiger partial charge < -0.3 is 14.8 Å². The minimum absolute atomic E-state index is 0.00723. The molecule has 0 radical (unpaired) electrons. The lowest BCUT2D eigenvalue weighted by Gasteiger charge is -2.38. The van der Waals surface area contributed by atoms with Crippen LogP contribution >= 0.6 is 11.6 Å². The molecule has 3 aromatic carbocycles. The molecule has 0 fully saturated rings. The number of carbonyl (C=O) groups is 3. The summed E-state index contributed by atoms with van der Waals surface area (Å²) in [4.78, 5) is 44.7. The second kappa shape index (κ2) is 8.52. The highest BCUT2D eigenvalue weighted by Crippen LogP contribution is 2.49. The molecular formula is C24H14ClF3N4O5. The molecule has 188 valence electrons. The third-order valence-electron chi connectivity index (χ3n) is 5.68. The summed E-state index contributed by atoms with van der Waals surface area (Å²) < 4.78 is 45.9. The van der Waals surface area contributed by atoms with Crippen molar-refractivity contribution in [3.63, 3.8) is 0 Å². The van der Waals surface area contributed by atoms with Crippen molar-refractivity contribution < 1.29 is 37.4 Å². The smallest absolute Gasteiger partial charge is 0.465 e. The summed E-state index contributed by atoms with van der Waals surface area (Å²) in [5.74, 6) is -3.40. The van der Waals surface area contributed by atoms with Gasteiger partial charge in [0, 0.05) is 21.7 Å². The molecule has 2 heterocycles. The van der Waals surface area contributed by atoms with Crippen molar-refractivity contribution in [2.45, 2.75) is 11.9 Å². The number of benzene rings is 3. The summed E-state index contributed by atoms with van der Waals surface area (Å²) in [5, 5.41) is 11.2. The number of carbonyl (C=O) groups excluding carboxylic acids is 2. The number of alkyl halides is 3. The average Bonchev–Trinajstić information content (AvgIpc) is 3.34. The van der Waals surface area contributed by atoms with E-state index >= 15 is 0 Å².